The van der Waals surface area contributed by atoms with Crippen molar-refractivity contribution >= 4 is 11.9 Å². The second-order valence-corrected chi connectivity index (χ2v) is 8.06. The van der Waals surface area contributed by atoms with Gasteiger partial charge >= 0.3 is 5.97 Å². The predicted molar refractivity (Wildman–Crippen MR) is 108 cm³/mol. The number of amides is 1. The summed E-state index contributed by atoms with van der Waals surface area (Å²) in [6.07, 6.45) is 5.50. The molecule has 1 amide bonds. The van der Waals surface area contributed by atoms with Gasteiger partial charge in [-0.25, -0.2) is 9.65 Å². The lowest BCUT2D eigenvalue weighted by atomic mass is 9.69. The molecule has 1 aromatic carbocycles. The Morgan fingerprint density at radius 1 is 1.24 bits per heavy atom. The van der Waals surface area contributed by atoms with Crippen molar-refractivity contribution in [3.63, 3.8) is 0 Å². The van der Waals surface area contributed by atoms with Crippen molar-refractivity contribution in [2.24, 2.45) is 17.8 Å². The molecule has 5 nitrogen and oxygen atoms in total. The van der Waals surface area contributed by atoms with Crippen LogP contribution < -0.4 is 0 Å². The molecule has 2 fully saturated rings. The summed E-state index contributed by atoms with van der Waals surface area (Å²) in [6, 6.07) is 6.96. The Hall–Kier alpha value is -2.42. The van der Waals surface area contributed by atoms with E-state index in [-0.39, 0.29) is 29.5 Å². The maximum atomic E-state index is 14.0. The number of nitrogens with zero attached hydrogens (tertiary/aromatic N) is 2. The molecule has 3 rings (SSSR count). The Labute approximate surface area is 172 Å². The van der Waals surface area contributed by atoms with Crippen molar-refractivity contribution in [1.82, 2.24) is 4.90 Å². The Kier molecular flexibility index (Phi) is 8.63. The highest BCUT2D eigenvalue weighted by Gasteiger charge is 2.40. The van der Waals surface area contributed by atoms with E-state index in [4.69, 9.17) is 10.00 Å². The van der Waals surface area contributed by atoms with E-state index in [1.807, 2.05) is 11.0 Å². The molecule has 1 heterocycles. The number of esters is 1. The number of hydrogen-bond donors (Lipinski definition) is 0. The third kappa shape index (κ3) is 5.79. The lowest BCUT2D eigenvalue weighted by Gasteiger charge is -2.40. The van der Waals surface area contributed by atoms with Crippen LogP contribution in [0.2, 0.25) is 0 Å². The number of rotatable bonds is 5. The summed E-state index contributed by atoms with van der Waals surface area (Å²) in [5, 5.41) is 6.50. The van der Waals surface area contributed by atoms with E-state index in [0.29, 0.717) is 18.3 Å². The molecular weight excluding hydrogens is 371 g/mol. The molecule has 6 heteroatoms. The van der Waals surface area contributed by atoms with E-state index in [1.165, 1.54) is 13.2 Å². The largest absolute Gasteiger partial charge is 0.469 e. The van der Waals surface area contributed by atoms with Crippen LogP contribution >= 0.6 is 0 Å². The van der Waals surface area contributed by atoms with Crippen LogP contribution in [0.1, 0.15) is 56.9 Å². The summed E-state index contributed by atoms with van der Waals surface area (Å²) < 4.78 is 18.9. The monoisotopic (exact) mass is 402 g/mol. The highest BCUT2D eigenvalue weighted by atomic mass is 19.1. The smallest absolute Gasteiger partial charge is 0.305 e. The third-order valence-corrected chi connectivity index (χ3v) is 6.56. The van der Waals surface area contributed by atoms with Gasteiger partial charge in [0.25, 0.3) is 0 Å². The van der Waals surface area contributed by atoms with Crippen molar-refractivity contribution in [1.29, 1.82) is 5.26 Å². The van der Waals surface area contributed by atoms with Crippen LogP contribution in [0.5, 0.6) is 0 Å². The molecule has 0 N–H and O–H groups in total. The van der Waals surface area contributed by atoms with Gasteiger partial charge in [0.05, 0.1) is 7.11 Å². The number of carbonyl (C=O) groups excluding carboxylic acids is 2. The first-order valence-corrected chi connectivity index (χ1v) is 10.3. The summed E-state index contributed by atoms with van der Waals surface area (Å²) in [7, 11) is 1.44. The minimum absolute atomic E-state index is 0.125. The maximum absolute atomic E-state index is 14.0. The van der Waals surface area contributed by atoms with Crippen LogP contribution in [0.25, 0.3) is 0 Å². The number of likely N-dealkylation sites (tertiary alicyclic amines) is 1. The van der Waals surface area contributed by atoms with E-state index in [9.17, 15) is 14.0 Å². The van der Waals surface area contributed by atoms with Crippen molar-refractivity contribution in [2.75, 3.05) is 20.2 Å². The average Bonchev–Trinajstić information content (AvgIpc) is 3.17. The second kappa shape index (κ2) is 10.9. The number of ether oxygens (including phenoxy) is 1. The van der Waals surface area contributed by atoms with Crippen molar-refractivity contribution in [3.05, 3.63) is 35.6 Å². The van der Waals surface area contributed by atoms with Gasteiger partial charge in [0, 0.05) is 33.0 Å². The van der Waals surface area contributed by atoms with E-state index in [1.54, 1.807) is 19.1 Å². The zero-order chi connectivity index (χ0) is 21.4. The van der Waals surface area contributed by atoms with Gasteiger partial charge in [0.2, 0.25) is 5.91 Å². The molecule has 1 aliphatic heterocycles. The third-order valence-electron chi connectivity index (χ3n) is 6.56. The number of benzene rings is 1. The predicted octanol–water partition coefficient (Wildman–Crippen LogP) is 4.29. The van der Waals surface area contributed by atoms with Crippen LogP contribution in [0.15, 0.2) is 24.3 Å². The molecule has 1 saturated heterocycles. The number of halogens is 1. The summed E-state index contributed by atoms with van der Waals surface area (Å²) in [5.74, 6) is 1.05. The van der Waals surface area contributed by atoms with Gasteiger partial charge in [0.1, 0.15) is 5.82 Å². The fourth-order valence-electron chi connectivity index (χ4n) is 5.25. The Morgan fingerprint density at radius 3 is 2.52 bits per heavy atom. The highest BCUT2D eigenvalue weighted by molar-refractivity contribution is 5.73. The van der Waals surface area contributed by atoms with Gasteiger partial charge in [-0.1, -0.05) is 18.6 Å². The molecule has 2 aliphatic rings. The van der Waals surface area contributed by atoms with Gasteiger partial charge in [-0.05, 0) is 67.1 Å². The summed E-state index contributed by atoms with van der Waals surface area (Å²) in [5.41, 5.74) is 1.04. The van der Waals surface area contributed by atoms with Gasteiger partial charge in [0.15, 0.2) is 0 Å². The molecular formula is C23H31FN2O3. The summed E-state index contributed by atoms with van der Waals surface area (Å²) in [6.45, 7) is 6.65. The quantitative estimate of drug-likeness (QED) is 0.689. The van der Waals surface area contributed by atoms with Gasteiger partial charge < -0.3 is 9.64 Å². The second-order valence-electron chi connectivity index (χ2n) is 8.06. The minimum Gasteiger partial charge on any atom is -0.469 e. The molecule has 0 spiro atoms. The number of nitriles is 1. The number of carbonyl (C=O) groups is 2. The molecule has 1 saturated carbocycles. The van der Waals surface area contributed by atoms with Crippen molar-refractivity contribution in [3.8, 4) is 6.57 Å². The van der Waals surface area contributed by atoms with Crippen molar-refractivity contribution in [2.45, 2.75) is 51.4 Å². The molecule has 3 atom stereocenters. The van der Waals surface area contributed by atoms with Gasteiger partial charge in [-0.2, -0.15) is 0 Å². The molecule has 1 aliphatic carbocycles. The molecule has 0 bridgehead atoms. The first-order valence-electron chi connectivity index (χ1n) is 10.3. The van der Waals surface area contributed by atoms with Crippen LogP contribution in [-0.2, 0) is 14.3 Å². The van der Waals surface area contributed by atoms with Gasteiger partial charge in [-0.15, -0.1) is 0 Å². The topological polar surface area (TPSA) is 70.4 Å². The number of hydrogen-bond acceptors (Lipinski definition) is 4. The van der Waals surface area contributed by atoms with Crippen molar-refractivity contribution < 1.29 is 18.7 Å². The first kappa shape index (κ1) is 22.9. The van der Waals surface area contributed by atoms with E-state index in [2.05, 4.69) is 6.57 Å². The van der Waals surface area contributed by atoms with E-state index in [0.717, 1.165) is 50.8 Å². The minimum atomic E-state index is -0.207. The SMILES string of the molecule is C#N.COC(=O)C[C@H]1CCC[C@@H]1C(c1cccc(F)c1)C1CCN(C(C)=O)CC1. The Balaban J connectivity index is 0.00000145. The normalized spacial score (nSPS) is 23.0. The van der Waals surface area contributed by atoms with E-state index < -0.39 is 0 Å². The molecule has 158 valence electrons. The summed E-state index contributed by atoms with van der Waals surface area (Å²) >= 11 is 0. The zero-order valence-corrected chi connectivity index (χ0v) is 17.4. The summed E-state index contributed by atoms with van der Waals surface area (Å²) in [4.78, 5) is 25.5. The average molecular weight is 403 g/mol. The molecule has 1 aromatic rings. The molecule has 29 heavy (non-hydrogen) atoms. The lowest BCUT2D eigenvalue weighted by molar-refractivity contribution is -0.142. The lowest BCUT2D eigenvalue weighted by Crippen LogP contribution is -2.40. The fraction of sp³-hybridized carbons (Fsp3) is 0.609. The number of piperidine rings is 1. The number of methoxy groups -OCH3 is 1. The molecule has 0 aromatic heterocycles. The standard InChI is InChI=1S/C22H30FNO3.CHN/c1-15(25)24-11-9-16(10-12-24)22(18-6-3-7-19(23)13-18)20-8-4-5-17(20)14-21(26)27-2;1-2/h3,6-7,13,16-17,20,22H,4-5,8-12,14H2,1-2H3;1H/t17-,20+,22?;/m1./s1. The maximum Gasteiger partial charge on any atom is 0.305 e. The Morgan fingerprint density at radius 2 is 1.93 bits per heavy atom. The molecule has 0 radical (unpaired) electrons. The Bertz CT molecular complexity index is 713. The fourth-order valence-corrected chi connectivity index (χ4v) is 5.25. The molecule has 1 unspecified atom stereocenters. The zero-order valence-electron chi connectivity index (χ0n) is 17.4. The highest BCUT2D eigenvalue weighted by Crippen LogP contribution is 2.49. The van der Waals surface area contributed by atoms with Gasteiger partial charge in [-0.3, -0.25) is 9.59 Å². The first-order chi connectivity index (χ1) is 14.0. The van der Waals surface area contributed by atoms with Crippen LogP contribution in [-0.4, -0.2) is 37.0 Å². The van der Waals surface area contributed by atoms with E-state index >= 15 is 0 Å². The van der Waals surface area contributed by atoms with Crippen LogP contribution in [0.3, 0.4) is 0 Å². The van der Waals surface area contributed by atoms with Crippen LogP contribution in [0.4, 0.5) is 4.39 Å². The van der Waals surface area contributed by atoms with Crippen LogP contribution in [0, 0.1) is 35.4 Å².